The molecule has 3 aromatic rings. The van der Waals surface area contributed by atoms with E-state index in [2.05, 4.69) is 10.3 Å². The highest BCUT2D eigenvalue weighted by molar-refractivity contribution is 7.89. The van der Waals surface area contributed by atoms with Crippen LogP contribution in [0.2, 0.25) is 0 Å². The molecule has 0 aliphatic carbocycles. The molecular formula is C16H13N5O6S. The summed E-state index contributed by atoms with van der Waals surface area (Å²) < 4.78 is 22.7. The van der Waals surface area contributed by atoms with Gasteiger partial charge in [-0.3, -0.25) is 25.2 Å². The van der Waals surface area contributed by atoms with Gasteiger partial charge in [-0.05, 0) is 43.3 Å². The fraction of sp³-hybridized carbons (Fsp3) is 0.0625. The number of primary sulfonamides is 1. The van der Waals surface area contributed by atoms with Crippen LogP contribution >= 0.6 is 0 Å². The Morgan fingerprint density at radius 1 is 1.00 bits per heavy atom. The molecule has 2 aromatic carbocycles. The van der Waals surface area contributed by atoms with Crippen molar-refractivity contribution in [3.63, 3.8) is 0 Å². The van der Waals surface area contributed by atoms with Gasteiger partial charge in [0, 0.05) is 11.4 Å². The van der Waals surface area contributed by atoms with Gasteiger partial charge in [0.2, 0.25) is 10.0 Å². The minimum atomic E-state index is -3.89. The number of nitro benzene ring substituents is 2. The predicted octanol–water partition coefficient (Wildman–Crippen LogP) is 2.75. The summed E-state index contributed by atoms with van der Waals surface area (Å²) in [5.41, 5.74) is -0.143. The number of rotatable bonds is 5. The average molecular weight is 403 g/mol. The molecule has 0 amide bonds. The molecule has 11 nitrogen and oxygen atoms in total. The van der Waals surface area contributed by atoms with Crippen LogP contribution < -0.4 is 10.5 Å². The normalized spacial score (nSPS) is 11.4. The zero-order valence-electron chi connectivity index (χ0n) is 14.3. The summed E-state index contributed by atoms with van der Waals surface area (Å²) in [5.74, 6) is 0. The Labute approximate surface area is 158 Å². The van der Waals surface area contributed by atoms with Crippen LogP contribution in [-0.2, 0) is 10.0 Å². The second-order valence-corrected chi connectivity index (χ2v) is 7.41. The number of non-ortho nitro benzene ring substituents is 1. The molecule has 12 heteroatoms. The molecule has 1 aromatic heterocycles. The molecule has 144 valence electrons. The third-order valence-electron chi connectivity index (χ3n) is 3.92. The maximum Gasteiger partial charge on any atom is 0.301 e. The summed E-state index contributed by atoms with van der Waals surface area (Å²) in [6.07, 6.45) is 0. The van der Waals surface area contributed by atoms with E-state index in [1.165, 1.54) is 30.3 Å². The molecule has 3 rings (SSSR count). The standard InChI is InChI=1S/C16H13N5O6S/c1-9-2-7-12-13(20(22)23)8-14(21(24)25)16(15(12)18-9)19-10-3-5-11(6-4-10)28(17,26)27/h2-8,19H,1H3,(H2,17,26,27). The Balaban J connectivity index is 2.23. The van der Waals surface area contributed by atoms with Crippen LogP contribution in [0.1, 0.15) is 5.69 Å². The van der Waals surface area contributed by atoms with E-state index >= 15 is 0 Å². The molecule has 0 aliphatic rings. The molecule has 0 unspecified atom stereocenters. The van der Waals surface area contributed by atoms with Gasteiger partial charge in [0.05, 0.1) is 26.2 Å². The fourth-order valence-electron chi connectivity index (χ4n) is 2.65. The number of nitrogens with one attached hydrogen (secondary N) is 1. The number of hydrogen-bond donors (Lipinski definition) is 2. The largest absolute Gasteiger partial charge is 0.348 e. The third kappa shape index (κ3) is 3.58. The van der Waals surface area contributed by atoms with Crippen molar-refractivity contribution in [3.05, 3.63) is 68.4 Å². The summed E-state index contributed by atoms with van der Waals surface area (Å²) in [7, 11) is -3.89. The summed E-state index contributed by atoms with van der Waals surface area (Å²) in [6.45, 7) is 1.65. The first kappa shape index (κ1) is 19.1. The Hall–Kier alpha value is -3.64. The predicted molar refractivity (Wildman–Crippen MR) is 101 cm³/mol. The van der Waals surface area contributed by atoms with E-state index in [0.717, 1.165) is 6.07 Å². The highest BCUT2D eigenvalue weighted by Crippen LogP contribution is 2.40. The van der Waals surface area contributed by atoms with E-state index in [0.29, 0.717) is 11.4 Å². The third-order valence-corrected chi connectivity index (χ3v) is 4.85. The molecular weight excluding hydrogens is 390 g/mol. The maximum atomic E-state index is 11.5. The number of benzene rings is 2. The SMILES string of the molecule is Cc1ccc2c([N+](=O)[O-])cc([N+](=O)[O-])c(Nc3ccc(S(N)(=O)=O)cc3)c2n1. The zero-order chi connectivity index (χ0) is 20.6. The highest BCUT2D eigenvalue weighted by atomic mass is 32.2. The van der Waals surface area contributed by atoms with Crippen LogP contribution in [0.4, 0.5) is 22.7 Å². The van der Waals surface area contributed by atoms with Gasteiger partial charge in [-0.25, -0.2) is 13.6 Å². The van der Waals surface area contributed by atoms with Crippen LogP contribution in [0.15, 0.2) is 47.4 Å². The topological polar surface area (TPSA) is 171 Å². The van der Waals surface area contributed by atoms with Crippen molar-refractivity contribution >= 4 is 43.7 Å². The van der Waals surface area contributed by atoms with E-state index < -0.39 is 31.2 Å². The molecule has 0 fully saturated rings. The Morgan fingerprint density at radius 3 is 2.14 bits per heavy atom. The Morgan fingerprint density at radius 2 is 1.61 bits per heavy atom. The van der Waals surface area contributed by atoms with Crippen molar-refractivity contribution in [2.75, 3.05) is 5.32 Å². The van der Waals surface area contributed by atoms with Crippen molar-refractivity contribution in [3.8, 4) is 0 Å². The van der Waals surface area contributed by atoms with Crippen LogP contribution in [-0.4, -0.2) is 23.2 Å². The summed E-state index contributed by atoms with van der Waals surface area (Å²) in [4.78, 5) is 25.5. The monoisotopic (exact) mass is 403 g/mol. The number of nitrogens with two attached hydrogens (primary N) is 1. The number of sulfonamides is 1. The highest BCUT2D eigenvalue weighted by Gasteiger charge is 2.27. The van der Waals surface area contributed by atoms with E-state index in [1.807, 2.05) is 0 Å². The van der Waals surface area contributed by atoms with Crippen molar-refractivity contribution in [2.45, 2.75) is 11.8 Å². The molecule has 0 radical (unpaired) electrons. The van der Waals surface area contributed by atoms with Gasteiger partial charge in [0.25, 0.3) is 5.69 Å². The maximum absolute atomic E-state index is 11.5. The summed E-state index contributed by atoms with van der Waals surface area (Å²) in [5, 5.41) is 30.8. The van der Waals surface area contributed by atoms with Gasteiger partial charge >= 0.3 is 5.69 Å². The van der Waals surface area contributed by atoms with Crippen molar-refractivity contribution in [2.24, 2.45) is 5.14 Å². The molecule has 0 spiro atoms. The number of pyridine rings is 1. The van der Waals surface area contributed by atoms with E-state index in [9.17, 15) is 28.6 Å². The number of anilines is 2. The van der Waals surface area contributed by atoms with Gasteiger partial charge in [0.15, 0.2) is 0 Å². The van der Waals surface area contributed by atoms with E-state index in [4.69, 9.17) is 5.14 Å². The minimum absolute atomic E-state index is 0.0438. The molecule has 0 saturated heterocycles. The molecule has 3 N–H and O–H groups in total. The molecule has 0 bridgehead atoms. The lowest BCUT2D eigenvalue weighted by Crippen LogP contribution is -2.11. The van der Waals surface area contributed by atoms with Crippen molar-refractivity contribution in [1.82, 2.24) is 4.98 Å². The van der Waals surface area contributed by atoms with E-state index in [-0.39, 0.29) is 21.5 Å². The number of hydrogen-bond acceptors (Lipinski definition) is 8. The number of fused-ring (bicyclic) bond motifs is 1. The lowest BCUT2D eigenvalue weighted by atomic mass is 10.1. The zero-order valence-corrected chi connectivity index (χ0v) is 15.1. The Kier molecular flexibility index (Phi) is 4.66. The second-order valence-electron chi connectivity index (χ2n) is 5.85. The van der Waals surface area contributed by atoms with Crippen LogP contribution in [0, 0.1) is 27.2 Å². The fourth-order valence-corrected chi connectivity index (χ4v) is 3.16. The molecule has 0 atom stereocenters. The van der Waals surface area contributed by atoms with Crippen molar-refractivity contribution < 1.29 is 18.3 Å². The number of aryl methyl sites for hydroxylation is 1. The molecule has 28 heavy (non-hydrogen) atoms. The van der Waals surface area contributed by atoms with Crippen molar-refractivity contribution in [1.29, 1.82) is 0 Å². The van der Waals surface area contributed by atoms with Gasteiger partial charge in [0.1, 0.15) is 11.2 Å². The first-order chi connectivity index (χ1) is 13.1. The van der Waals surface area contributed by atoms with Crippen LogP contribution in [0.25, 0.3) is 10.9 Å². The quantitative estimate of drug-likeness (QED) is 0.483. The first-order valence-corrected chi connectivity index (χ1v) is 9.25. The molecule has 1 heterocycles. The Bertz CT molecular complexity index is 1220. The van der Waals surface area contributed by atoms with Gasteiger partial charge in [-0.2, -0.15) is 0 Å². The summed E-state index contributed by atoms with van der Waals surface area (Å²) >= 11 is 0. The molecule has 0 saturated carbocycles. The van der Waals surface area contributed by atoms with Gasteiger partial charge in [-0.1, -0.05) is 0 Å². The number of nitrogens with zero attached hydrogens (tertiary/aromatic N) is 3. The number of aromatic nitrogens is 1. The van der Waals surface area contributed by atoms with Crippen LogP contribution in [0.3, 0.4) is 0 Å². The smallest absolute Gasteiger partial charge is 0.301 e. The lowest BCUT2D eigenvalue weighted by Gasteiger charge is -2.11. The number of nitro groups is 2. The van der Waals surface area contributed by atoms with Gasteiger partial charge < -0.3 is 5.32 Å². The second kappa shape index (κ2) is 6.83. The summed E-state index contributed by atoms with van der Waals surface area (Å²) in [6, 6.07) is 9.09. The first-order valence-electron chi connectivity index (χ1n) is 7.71. The molecule has 0 aliphatic heterocycles. The van der Waals surface area contributed by atoms with Crippen LogP contribution in [0.5, 0.6) is 0 Å². The minimum Gasteiger partial charge on any atom is -0.348 e. The lowest BCUT2D eigenvalue weighted by molar-refractivity contribution is -0.392. The average Bonchev–Trinajstić information content (AvgIpc) is 2.61. The van der Waals surface area contributed by atoms with Gasteiger partial charge in [-0.15, -0.1) is 0 Å². The van der Waals surface area contributed by atoms with E-state index in [1.54, 1.807) is 13.0 Å².